The van der Waals surface area contributed by atoms with E-state index >= 15 is 0 Å². The van der Waals surface area contributed by atoms with Gasteiger partial charge >= 0.3 is 11.4 Å². The number of rotatable bonds is 7. The van der Waals surface area contributed by atoms with Crippen LogP contribution >= 0.6 is 0 Å². The summed E-state index contributed by atoms with van der Waals surface area (Å²) in [6, 6.07) is 13.1. The first-order valence-corrected chi connectivity index (χ1v) is 11.5. The molecule has 0 amide bonds. The molecule has 0 saturated carbocycles. The average molecular weight is 498 g/mol. The van der Waals surface area contributed by atoms with Crippen LogP contribution in [0.15, 0.2) is 59.5 Å². The van der Waals surface area contributed by atoms with Crippen molar-refractivity contribution in [3.63, 3.8) is 0 Å². The van der Waals surface area contributed by atoms with Crippen LogP contribution in [0.2, 0.25) is 0 Å². The minimum absolute atomic E-state index is 0.0917. The molecule has 0 bridgehead atoms. The zero-order valence-electron chi connectivity index (χ0n) is 18.4. The van der Waals surface area contributed by atoms with Gasteiger partial charge < -0.3 is 9.47 Å². The van der Waals surface area contributed by atoms with Gasteiger partial charge in [-0.25, -0.2) is 0 Å². The van der Waals surface area contributed by atoms with Crippen LogP contribution in [-0.4, -0.2) is 37.0 Å². The van der Waals surface area contributed by atoms with Crippen LogP contribution in [0.1, 0.15) is 11.1 Å². The van der Waals surface area contributed by atoms with Crippen LogP contribution in [0.4, 0.5) is 11.4 Å². The number of nitro benzene ring substituents is 2. The first kappa shape index (κ1) is 23.9. The molecule has 0 heterocycles. The van der Waals surface area contributed by atoms with Crippen molar-refractivity contribution in [2.75, 3.05) is 14.2 Å². The van der Waals surface area contributed by atoms with E-state index in [4.69, 9.17) is 9.47 Å². The van der Waals surface area contributed by atoms with Gasteiger partial charge in [-0.15, -0.1) is 0 Å². The smallest absolute Gasteiger partial charge is 0.346 e. The topological polar surface area (TPSA) is 159 Å². The van der Waals surface area contributed by atoms with Gasteiger partial charge in [0.15, 0.2) is 0 Å². The SMILES string of the molecule is COc1c2ccccc2c(OC)c2c(Cc3ccc([N+](=O)[O-])c([N+](=O)[O-])c3)c(S(=O)(=O)O)ccc12. The second kappa shape index (κ2) is 8.81. The molecule has 0 aromatic heterocycles. The van der Waals surface area contributed by atoms with Crippen molar-refractivity contribution in [2.24, 2.45) is 0 Å². The molecule has 0 spiro atoms. The Hall–Kier alpha value is -4.29. The fraction of sp³-hybridized carbons (Fsp3) is 0.130. The van der Waals surface area contributed by atoms with E-state index in [-0.39, 0.29) is 17.5 Å². The Bertz CT molecular complexity index is 1630. The summed E-state index contributed by atoms with van der Waals surface area (Å²) < 4.78 is 45.9. The molecule has 0 fully saturated rings. The van der Waals surface area contributed by atoms with Crippen LogP contribution < -0.4 is 9.47 Å². The maximum absolute atomic E-state index is 12.3. The van der Waals surface area contributed by atoms with Crippen LogP contribution in [0, 0.1) is 20.2 Å². The van der Waals surface area contributed by atoms with Crippen LogP contribution in [0.3, 0.4) is 0 Å². The molecule has 0 aliphatic heterocycles. The third-order valence-corrected chi connectivity index (χ3v) is 6.60. The van der Waals surface area contributed by atoms with E-state index in [0.717, 1.165) is 12.1 Å². The highest BCUT2D eigenvalue weighted by Gasteiger charge is 2.27. The van der Waals surface area contributed by atoms with Crippen molar-refractivity contribution in [1.82, 2.24) is 0 Å². The second-order valence-corrected chi connectivity index (χ2v) is 8.96. The molecule has 4 rings (SSSR count). The minimum Gasteiger partial charge on any atom is -0.495 e. The molecule has 4 aromatic rings. The van der Waals surface area contributed by atoms with Gasteiger partial charge in [0.25, 0.3) is 10.1 Å². The minimum atomic E-state index is -4.73. The second-order valence-electron chi connectivity index (χ2n) is 7.57. The van der Waals surface area contributed by atoms with Crippen LogP contribution in [0.25, 0.3) is 21.5 Å². The number of hydrogen-bond donors (Lipinski definition) is 1. The molecule has 180 valence electrons. The molecule has 0 radical (unpaired) electrons. The van der Waals surface area contributed by atoms with Gasteiger partial charge in [-0.05, 0) is 29.7 Å². The first-order chi connectivity index (χ1) is 16.6. The van der Waals surface area contributed by atoms with Gasteiger partial charge in [-0.3, -0.25) is 24.8 Å². The average Bonchev–Trinajstić information content (AvgIpc) is 2.81. The summed E-state index contributed by atoms with van der Waals surface area (Å²) >= 11 is 0. The summed E-state index contributed by atoms with van der Waals surface area (Å²) in [7, 11) is -1.86. The molecule has 4 aromatic carbocycles. The van der Waals surface area contributed by atoms with E-state index in [1.165, 1.54) is 32.4 Å². The molecule has 0 atom stereocenters. The lowest BCUT2D eigenvalue weighted by molar-refractivity contribution is -0.422. The van der Waals surface area contributed by atoms with Gasteiger partial charge in [-0.1, -0.05) is 30.3 Å². The predicted molar refractivity (Wildman–Crippen MR) is 127 cm³/mol. The maximum Gasteiger partial charge on any atom is 0.346 e. The third kappa shape index (κ3) is 4.09. The van der Waals surface area contributed by atoms with Gasteiger partial charge in [0.1, 0.15) is 11.5 Å². The van der Waals surface area contributed by atoms with E-state index in [1.54, 1.807) is 18.2 Å². The van der Waals surface area contributed by atoms with Crippen molar-refractivity contribution in [1.29, 1.82) is 0 Å². The predicted octanol–water partition coefficient (Wildman–Crippen LogP) is 4.66. The lowest BCUT2D eigenvalue weighted by Crippen LogP contribution is -2.07. The summed E-state index contributed by atoms with van der Waals surface area (Å²) in [6.45, 7) is 0. The van der Waals surface area contributed by atoms with Crippen molar-refractivity contribution >= 4 is 43.0 Å². The quantitative estimate of drug-likeness (QED) is 0.165. The summed E-state index contributed by atoms with van der Waals surface area (Å²) in [6.07, 6.45) is -0.219. The van der Waals surface area contributed by atoms with Gasteiger partial charge in [-0.2, -0.15) is 8.42 Å². The van der Waals surface area contributed by atoms with E-state index < -0.39 is 36.2 Å². The first-order valence-electron chi connectivity index (χ1n) is 10.1. The van der Waals surface area contributed by atoms with Crippen molar-refractivity contribution in [2.45, 2.75) is 11.3 Å². The van der Waals surface area contributed by atoms with Gasteiger partial charge in [0.05, 0.1) is 29.0 Å². The Labute approximate surface area is 198 Å². The number of hydrogen-bond acceptors (Lipinski definition) is 8. The normalized spacial score (nSPS) is 11.5. The Balaban J connectivity index is 2.12. The van der Waals surface area contributed by atoms with Gasteiger partial charge in [0, 0.05) is 33.7 Å². The molecule has 0 aliphatic carbocycles. The molecule has 0 unspecified atom stereocenters. The fourth-order valence-corrected chi connectivity index (χ4v) is 4.99. The van der Waals surface area contributed by atoms with E-state index in [0.29, 0.717) is 33.0 Å². The van der Waals surface area contributed by atoms with E-state index in [2.05, 4.69) is 0 Å². The lowest BCUT2D eigenvalue weighted by Gasteiger charge is -2.19. The number of methoxy groups -OCH3 is 2. The number of fused-ring (bicyclic) bond motifs is 2. The number of nitrogens with zero attached hydrogens (tertiary/aromatic N) is 2. The summed E-state index contributed by atoms with van der Waals surface area (Å²) in [5, 5.41) is 24.7. The largest absolute Gasteiger partial charge is 0.495 e. The van der Waals surface area contributed by atoms with Crippen LogP contribution in [-0.2, 0) is 16.5 Å². The third-order valence-electron chi connectivity index (χ3n) is 5.66. The summed E-state index contributed by atoms with van der Waals surface area (Å²) in [4.78, 5) is 20.4. The fourth-order valence-electron chi connectivity index (χ4n) is 4.27. The van der Waals surface area contributed by atoms with Crippen LogP contribution in [0.5, 0.6) is 11.5 Å². The molecule has 12 heteroatoms. The molecule has 1 N–H and O–H groups in total. The lowest BCUT2D eigenvalue weighted by atomic mass is 9.93. The zero-order chi connectivity index (χ0) is 25.5. The molecular weight excluding hydrogens is 480 g/mol. The Morgan fingerprint density at radius 3 is 1.97 bits per heavy atom. The van der Waals surface area contributed by atoms with E-state index in [9.17, 15) is 33.2 Å². The molecule has 35 heavy (non-hydrogen) atoms. The van der Waals surface area contributed by atoms with Gasteiger partial charge in [0.2, 0.25) is 0 Å². The van der Waals surface area contributed by atoms with Crippen molar-refractivity contribution in [3.05, 3.63) is 86.0 Å². The highest BCUT2D eigenvalue weighted by Crippen LogP contribution is 2.46. The van der Waals surface area contributed by atoms with Crippen molar-refractivity contribution < 1.29 is 32.3 Å². The van der Waals surface area contributed by atoms with E-state index in [1.807, 2.05) is 6.07 Å². The van der Waals surface area contributed by atoms with Crippen molar-refractivity contribution in [3.8, 4) is 11.5 Å². The Morgan fingerprint density at radius 2 is 1.43 bits per heavy atom. The standard InChI is InChI=1S/C23H18N2O9S/c1-33-22-14-5-3-4-6-15(14)23(34-2)21-16(22)8-10-20(35(30,31)32)17(21)11-13-7-9-18(24(26)27)19(12-13)25(28)29/h3-10,12H,11H2,1-2H3,(H,30,31,32). The zero-order valence-corrected chi connectivity index (χ0v) is 19.2. The number of benzene rings is 4. The maximum atomic E-state index is 12.3. The molecular formula is C23H18N2O9S. The molecule has 0 saturated heterocycles. The molecule has 11 nitrogen and oxygen atoms in total. The highest BCUT2D eigenvalue weighted by molar-refractivity contribution is 7.85. The Morgan fingerprint density at radius 1 is 0.829 bits per heavy atom. The molecule has 0 aliphatic rings. The Kier molecular flexibility index (Phi) is 6.01. The number of nitro groups is 2. The monoisotopic (exact) mass is 498 g/mol. The number of ether oxygens (including phenoxy) is 2. The highest BCUT2D eigenvalue weighted by atomic mass is 32.2. The summed E-state index contributed by atoms with van der Waals surface area (Å²) in [5.74, 6) is 0.752. The summed E-state index contributed by atoms with van der Waals surface area (Å²) in [5.41, 5.74) is -1.13.